The topological polar surface area (TPSA) is 86.6 Å². The molecule has 2 aromatic rings. The summed E-state index contributed by atoms with van der Waals surface area (Å²) < 4.78 is 24.8. The van der Waals surface area contributed by atoms with Gasteiger partial charge in [0.15, 0.2) is 0 Å². The fourth-order valence-corrected chi connectivity index (χ4v) is 2.41. The van der Waals surface area contributed by atoms with Gasteiger partial charge in [0.1, 0.15) is 0 Å². The van der Waals surface area contributed by atoms with Gasteiger partial charge in [-0.05, 0) is 28.7 Å². The lowest BCUT2D eigenvalue weighted by molar-refractivity contribution is 0.426. The Morgan fingerprint density at radius 1 is 1.00 bits per heavy atom. The van der Waals surface area contributed by atoms with Crippen molar-refractivity contribution in [2.24, 2.45) is 0 Å². The van der Waals surface area contributed by atoms with Crippen LogP contribution in [0.4, 0.5) is 5.69 Å². The van der Waals surface area contributed by atoms with Crippen LogP contribution in [-0.4, -0.2) is 31.8 Å². The van der Waals surface area contributed by atoms with Crippen molar-refractivity contribution in [3.8, 4) is 11.1 Å². The minimum atomic E-state index is -3.33. The smallest absolute Gasteiger partial charge is 0.423 e. The van der Waals surface area contributed by atoms with E-state index in [0.717, 1.165) is 17.4 Å². The molecule has 0 radical (unpaired) electrons. The van der Waals surface area contributed by atoms with E-state index in [2.05, 4.69) is 4.72 Å². The van der Waals surface area contributed by atoms with Crippen LogP contribution in [0.3, 0.4) is 0 Å². The third kappa shape index (κ3) is 3.83. The van der Waals surface area contributed by atoms with Crippen LogP contribution in [0.25, 0.3) is 11.1 Å². The van der Waals surface area contributed by atoms with E-state index in [0.29, 0.717) is 11.2 Å². The molecule has 0 aliphatic carbocycles. The standard InChI is InChI=1S/C13H14BNO4S/c1-20(18,19)15-13-7-3-5-11(9-13)10-4-2-6-12(8-10)14(16)17/h2-9,15-17H,1H3. The molecule has 0 unspecified atom stereocenters. The van der Waals surface area contributed by atoms with Gasteiger partial charge in [-0.2, -0.15) is 0 Å². The maximum atomic E-state index is 11.2. The number of anilines is 1. The average Bonchev–Trinajstić information content (AvgIpc) is 2.37. The van der Waals surface area contributed by atoms with E-state index < -0.39 is 17.1 Å². The third-order valence-corrected chi connectivity index (χ3v) is 3.29. The number of rotatable bonds is 4. The molecule has 0 atom stereocenters. The highest BCUT2D eigenvalue weighted by molar-refractivity contribution is 7.92. The molecule has 104 valence electrons. The van der Waals surface area contributed by atoms with E-state index in [4.69, 9.17) is 10.0 Å². The Morgan fingerprint density at radius 3 is 2.20 bits per heavy atom. The molecule has 0 aliphatic rings. The lowest BCUT2D eigenvalue weighted by atomic mass is 9.79. The summed E-state index contributed by atoms with van der Waals surface area (Å²) in [5.41, 5.74) is 2.39. The molecule has 2 aromatic carbocycles. The normalized spacial score (nSPS) is 11.2. The van der Waals surface area contributed by atoms with Crippen molar-refractivity contribution in [3.05, 3.63) is 48.5 Å². The summed E-state index contributed by atoms with van der Waals surface area (Å²) in [7, 11) is -4.86. The van der Waals surface area contributed by atoms with E-state index in [-0.39, 0.29) is 0 Å². The largest absolute Gasteiger partial charge is 0.488 e. The predicted molar refractivity (Wildman–Crippen MR) is 80.2 cm³/mol. The first-order chi connectivity index (χ1) is 9.35. The second kappa shape index (κ2) is 5.66. The zero-order valence-electron chi connectivity index (χ0n) is 10.8. The Hall–Kier alpha value is -1.83. The summed E-state index contributed by atoms with van der Waals surface area (Å²) in [6, 6.07) is 13.6. The lowest BCUT2D eigenvalue weighted by Crippen LogP contribution is -2.29. The van der Waals surface area contributed by atoms with Crippen LogP contribution in [0.5, 0.6) is 0 Å². The first-order valence-corrected chi connectivity index (χ1v) is 7.78. The molecule has 3 N–H and O–H groups in total. The quantitative estimate of drug-likeness (QED) is 0.712. The van der Waals surface area contributed by atoms with Crippen LogP contribution in [0.2, 0.25) is 0 Å². The molecule has 20 heavy (non-hydrogen) atoms. The van der Waals surface area contributed by atoms with Crippen LogP contribution < -0.4 is 10.2 Å². The first-order valence-electron chi connectivity index (χ1n) is 5.89. The lowest BCUT2D eigenvalue weighted by Gasteiger charge is -2.08. The second-order valence-electron chi connectivity index (χ2n) is 4.45. The molecule has 7 heteroatoms. The van der Waals surface area contributed by atoms with Gasteiger partial charge in [-0.1, -0.05) is 36.4 Å². The van der Waals surface area contributed by atoms with Crippen molar-refractivity contribution in [1.82, 2.24) is 0 Å². The predicted octanol–water partition coefficient (Wildman–Crippen LogP) is 0.405. The molecule has 0 heterocycles. The molecule has 0 fully saturated rings. The van der Waals surface area contributed by atoms with Gasteiger partial charge in [0.25, 0.3) is 0 Å². The molecule has 5 nitrogen and oxygen atoms in total. The maximum Gasteiger partial charge on any atom is 0.488 e. The molecule has 0 bridgehead atoms. The van der Waals surface area contributed by atoms with Crippen LogP contribution in [0.1, 0.15) is 0 Å². The van der Waals surface area contributed by atoms with Crippen LogP contribution >= 0.6 is 0 Å². The van der Waals surface area contributed by atoms with Crippen LogP contribution in [0.15, 0.2) is 48.5 Å². The number of hydrogen-bond donors (Lipinski definition) is 3. The Kier molecular flexibility index (Phi) is 4.13. The van der Waals surface area contributed by atoms with E-state index >= 15 is 0 Å². The Labute approximate surface area is 118 Å². The summed E-state index contributed by atoms with van der Waals surface area (Å²) in [4.78, 5) is 0. The Morgan fingerprint density at radius 2 is 1.60 bits per heavy atom. The fraction of sp³-hybridized carbons (Fsp3) is 0.0769. The molecule has 0 aliphatic heterocycles. The molecular formula is C13H14BNO4S. The maximum absolute atomic E-state index is 11.2. The van der Waals surface area contributed by atoms with Crippen molar-refractivity contribution in [1.29, 1.82) is 0 Å². The summed E-state index contributed by atoms with van der Waals surface area (Å²) in [5, 5.41) is 18.3. The van der Waals surface area contributed by atoms with Gasteiger partial charge in [-0.25, -0.2) is 8.42 Å². The van der Waals surface area contributed by atoms with Crippen molar-refractivity contribution in [2.75, 3.05) is 11.0 Å². The monoisotopic (exact) mass is 291 g/mol. The van der Waals surface area contributed by atoms with Gasteiger partial charge in [-0.3, -0.25) is 4.72 Å². The molecule has 0 saturated heterocycles. The average molecular weight is 291 g/mol. The Balaban J connectivity index is 2.38. The van der Waals surface area contributed by atoms with Crippen molar-refractivity contribution < 1.29 is 18.5 Å². The summed E-state index contributed by atoms with van der Waals surface area (Å²) in [6.45, 7) is 0. The number of nitrogens with one attached hydrogen (secondary N) is 1. The molecule has 0 spiro atoms. The van der Waals surface area contributed by atoms with Gasteiger partial charge < -0.3 is 10.0 Å². The highest BCUT2D eigenvalue weighted by Gasteiger charge is 2.11. The van der Waals surface area contributed by atoms with Crippen molar-refractivity contribution in [2.45, 2.75) is 0 Å². The highest BCUT2D eigenvalue weighted by Crippen LogP contribution is 2.22. The number of benzene rings is 2. The third-order valence-electron chi connectivity index (χ3n) is 2.68. The zero-order chi connectivity index (χ0) is 14.8. The SMILES string of the molecule is CS(=O)(=O)Nc1cccc(-c2cccc(B(O)O)c2)c1. The van der Waals surface area contributed by atoms with E-state index in [1.54, 1.807) is 36.4 Å². The zero-order valence-corrected chi connectivity index (χ0v) is 11.6. The molecule has 0 saturated carbocycles. The summed E-state index contributed by atoms with van der Waals surface area (Å²) in [6.07, 6.45) is 1.09. The minimum absolute atomic E-state index is 0.379. The van der Waals surface area contributed by atoms with Crippen LogP contribution in [0, 0.1) is 0 Å². The van der Waals surface area contributed by atoms with Crippen molar-refractivity contribution >= 4 is 28.3 Å². The van der Waals surface area contributed by atoms with E-state index in [9.17, 15) is 8.42 Å². The highest BCUT2D eigenvalue weighted by atomic mass is 32.2. The number of sulfonamides is 1. The molecule has 2 rings (SSSR count). The van der Waals surface area contributed by atoms with E-state index in [1.807, 2.05) is 12.1 Å². The first kappa shape index (κ1) is 14.6. The van der Waals surface area contributed by atoms with E-state index in [1.165, 1.54) is 0 Å². The van der Waals surface area contributed by atoms with Gasteiger partial charge in [-0.15, -0.1) is 0 Å². The summed E-state index contributed by atoms with van der Waals surface area (Å²) in [5.74, 6) is 0. The second-order valence-corrected chi connectivity index (χ2v) is 6.20. The Bertz CT molecular complexity index is 716. The van der Waals surface area contributed by atoms with Crippen molar-refractivity contribution in [3.63, 3.8) is 0 Å². The summed E-state index contributed by atoms with van der Waals surface area (Å²) >= 11 is 0. The molecule has 0 aromatic heterocycles. The number of hydrogen-bond acceptors (Lipinski definition) is 4. The van der Waals surface area contributed by atoms with Gasteiger partial charge in [0, 0.05) is 5.69 Å². The van der Waals surface area contributed by atoms with Crippen LogP contribution in [-0.2, 0) is 10.0 Å². The van der Waals surface area contributed by atoms with Gasteiger partial charge >= 0.3 is 7.12 Å². The fourth-order valence-electron chi connectivity index (χ4n) is 1.86. The minimum Gasteiger partial charge on any atom is -0.423 e. The van der Waals surface area contributed by atoms with Gasteiger partial charge in [0.2, 0.25) is 10.0 Å². The molecular weight excluding hydrogens is 277 g/mol. The molecule has 0 amide bonds. The van der Waals surface area contributed by atoms with Gasteiger partial charge in [0.05, 0.1) is 6.26 Å².